The molecule has 346 valence electrons. The number of likely N-dealkylation sites (N-methyl/N-ethyl adjacent to an activating group) is 2. The van der Waals surface area contributed by atoms with Crippen LogP contribution < -0.4 is 16.0 Å². The monoisotopic (exact) mass is 856 g/mol. The fourth-order valence-corrected chi connectivity index (χ4v) is 9.36. The van der Waals surface area contributed by atoms with E-state index in [0.717, 1.165) is 56.9 Å². The topological polar surface area (TPSA) is 156 Å². The fourth-order valence-electron chi connectivity index (χ4n) is 9.36. The molecule has 13 nitrogen and oxygen atoms in total. The normalized spacial score (nSPS) is 20.5. The van der Waals surface area contributed by atoms with Crippen LogP contribution in [-0.2, 0) is 44.6 Å². The van der Waals surface area contributed by atoms with Gasteiger partial charge in [-0.25, -0.2) is 4.79 Å². The molecule has 1 saturated heterocycles. The summed E-state index contributed by atoms with van der Waals surface area (Å²) in [6, 6.07) is 6.66. The van der Waals surface area contributed by atoms with E-state index in [1.165, 1.54) is 12.8 Å². The Hall–Kier alpha value is -3.55. The van der Waals surface area contributed by atoms with Gasteiger partial charge in [0.2, 0.25) is 23.6 Å². The molecular formula is C48H81N5O8. The number of amides is 4. The number of likely N-dealkylation sites (tertiary alicyclic amines) is 1. The van der Waals surface area contributed by atoms with Gasteiger partial charge in [-0.15, -0.1) is 0 Å². The van der Waals surface area contributed by atoms with Crippen molar-refractivity contribution >= 4 is 29.6 Å². The Balaban J connectivity index is 1.79. The van der Waals surface area contributed by atoms with Crippen LogP contribution in [0.3, 0.4) is 0 Å². The minimum absolute atomic E-state index is 0.0106. The van der Waals surface area contributed by atoms with Gasteiger partial charge in [-0.3, -0.25) is 19.2 Å². The smallest absolute Gasteiger partial charge is 0.329 e. The van der Waals surface area contributed by atoms with Gasteiger partial charge in [0.15, 0.2) is 0 Å². The molecule has 2 fully saturated rings. The van der Waals surface area contributed by atoms with E-state index in [1.807, 2.05) is 71.9 Å². The maximum Gasteiger partial charge on any atom is 0.329 e. The summed E-state index contributed by atoms with van der Waals surface area (Å²) in [4.78, 5) is 73.4. The average Bonchev–Trinajstić information content (AvgIpc) is 3.76. The lowest BCUT2D eigenvalue weighted by Gasteiger charge is -2.41. The van der Waals surface area contributed by atoms with Gasteiger partial charge in [-0.1, -0.05) is 111 Å². The first-order chi connectivity index (χ1) is 29.1. The third kappa shape index (κ3) is 15.1. The maximum absolute atomic E-state index is 14.4. The molecule has 0 spiro atoms. The zero-order valence-electron chi connectivity index (χ0n) is 39.4. The summed E-state index contributed by atoms with van der Waals surface area (Å²) in [5.74, 6) is -2.29. The van der Waals surface area contributed by atoms with Crippen LogP contribution in [-0.4, -0.2) is 123 Å². The molecule has 13 heteroatoms. The van der Waals surface area contributed by atoms with Crippen LogP contribution in [0, 0.1) is 23.7 Å². The van der Waals surface area contributed by atoms with Crippen LogP contribution in [0.1, 0.15) is 131 Å². The second-order valence-electron chi connectivity index (χ2n) is 18.3. The van der Waals surface area contributed by atoms with Crippen molar-refractivity contribution in [3.05, 3.63) is 35.9 Å². The molecule has 0 unspecified atom stereocenters. The lowest BCUT2D eigenvalue weighted by Crippen LogP contribution is -2.59. The van der Waals surface area contributed by atoms with Crippen LogP contribution in [0.5, 0.6) is 0 Å². The van der Waals surface area contributed by atoms with E-state index < -0.39 is 54.3 Å². The van der Waals surface area contributed by atoms with E-state index >= 15 is 0 Å². The standard InChI is InChI=1S/C48H81N5O8/c1-12-33(6)43(52(9)47(57)42(32(4)5)51-46(56)41(49-8)31(2)3)39(59-10)30-40(54)53-28-22-27-38(53)44(60-11)34(7)45(55)50-37(29-35-23-18-17-19-24-35)48(58)61-36-25-20-15-13-14-16-21-26-36/h17-19,23-24,31-34,36-39,41-44,49H,12-16,20-22,25-30H2,1-11H3,(H,50,55)(H,51,56)/t33-,34+,37-,38-,39+,41-,42-,43-,44+/m0/s1. The molecule has 0 bridgehead atoms. The Kier molecular flexibility index (Phi) is 22.2. The number of benzene rings is 1. The minimum atomic E-state index is -0.882. The lowest BCUT2D eigenvalue weighted by molar-refractivity contribution is -0.154. The number of carbonyl (C=O) groups is 5. The molecule has 1 saturated carbocycles. The van der Waals surface area contributed by atoms with E-state index in [4.69, 9.17) is 14.2 Å². The van der Waals surface area contributed by atoms with Crippen molar-refractivity contribution in [2.75, 3.05) is 34.9 Å². The molecule has 3 rings (SSSR count). The number of hydrogen-bond acceptors (Lipinski definition) is 9. The van der Waals surface area contributed by atoms with E-state index in [2.05, 4.69) is 16.0 Å². The van der Waals surface area contributed by atoms with Crippen molar-refractivity contribution in [1.29, 1.82) is 0 Å². The maximum atomic E-state index is 14.4. The number of carbonyl (C=O) groups excluding carboxylic acids is 5. The Morgan fingerprint density at radius 1 is 0.787 bits per heavy atom. The minimum Gasteiger partial charge on any atom is -0.461 e. The van der Waals surface area contributed by atoms with Crippen molar-refractivity contribution in [2.45, 2.75) is 180 Å². The van der Waals surface area contributed by atoms with Crippen molar-refractivity contribution in [2.24, 2.45) is 23.7 Å². The average molecular weight is 856 g/mol. The van der Waals surface area contributed by atoms with Crippen LogP contribution >= 0.6 is 0 Å². The van der Waals surface area contributed by atoms with E-state index in [-0.39, 0.29) is 53.9 Å². The van der Waals surface area contributed by atoms with E-state index in [0.29, 0.717) is 19.4 Å². The van der Waals surface area contributed by atoms with E-state index in [1.54, 1.807) is 45.0 Å². The summed E-state index contributed by atoms with van der Waals surface area (Å²) >= 11 is 0. The highest BCUT2D eigenvalue weighted by atomic mass is 16.5. The zero-order valence-corrected chi connectivity index (χ0v) is 39.4. The molecule has 61 heavy (non-hydrogen) atoms. The van der Waals surface area contributed by atoms with Crippen LogP contribution in [0.4, 0.5) is 0 Å². The highest BCUT2D eigenvalue weighted by molar-refractivity contribution is 5.90. The van der Waals surface area contributed by atoms with Gasteiger partial charge in [0.25, 0.3) is 0 Å². The number of nitrogens with zero attached hydrogens (tertiary/aromatic N) is 2. The van der Waals surface area contributed by atoms with Crippen molar-refractivity contribution in [3.8, 4) is 0 Å². The molecule has 4 amide bonds. The summed E-state index contributed by atoms with van der Waals surface area (Å²) in [5, 5.41) is 9.10. The Morgan fingerprint density at radius 3 is 1.93 bits per heavy atom. The molecule has 0 aromatic heterocycles. The molecular weight excluding hydrogens is 775 g/mol. The molecule has 1 aliphatic carbocycles. The summed E-state index contributed by atoms with van der Waals surface area (Å²) in [6.07, 6.45) is 9.31. The molecule has 1 heterocycles. The van der Waals surface area contributed by atoms with Gasteiger partial charge in [-0.2, -0.15) is 0 Å². The van der Waals surface area contributed by atoms with E-state index in [9.17, 15) is 24.0 Å². The first kappa shape index (κ1) is 51.8. The lowest BCUT2D eigenvalue weighted by atomic mass is 9.89. The zero-order chi connectivity index (χ0) is 45.2. The van der Waals surface area contributed by atoms with Crippen LogP contribution in [0.2, 0.25) is 0 Å². The highest BCUT2D eigenvalue weighted by Gasteiger charge is 2.43. The van der Waals surface area contributed by atoms with Crippen LogP contribution in [0.25, 0.3) is 0 Å². The van der Waals surface area contributed by atoms with Crippen LogP contribution in [0.15, 0.2) is 30.3 Å². The number of esters is 1. The Bertz CT molecular complexity index is 1500. The third-order valence-electron chi connectivity index (χ3n) is 13.2. The summed E-state index contributed by atoms with van der Waals surface area (Å²) in [7, 11) is 6.59. The number of hydrogen-bond donors (Lipinski definition) is 3. The second-order valence-corrected chi connectivity index (χ2v) is 18.3. The predicted molar refractivity (Wildman–Crippen MR) is 239 cm³/mol. The second kappa shape index (κ2) is 26.2. The Labute approximate surface area is 367 Å². The number of rotatable bonds is 22. The SMILES string of the molecule is CC[C@H](C)[C@@H]([C@@H](CC(=O)N1CCC[C@H]1[C@H](OC)[C@@H](C)C(=O)N[C@@H](Cc1ccccc1)C(=O)OC1CCCCCCCC1)OC)N(C)C(=O)[C@@H](NC(=O)[C@@H](NC)C(C)C)C(C)C. The molecule has 3 N–H and O–H groups in total. The molecule has 2 aliphatic rings. The number of ether oxygens (including phenoxy) is 3. The Morgan fingerprint density at radius 2 is 1.39 bits per heavy atom. The third-order valence-corrected chi connectivity index (χ3v) is 13.2. The van der Waals surface area contributed by atoms with Gasteiger partial charge >= 0.3 is 5.97 Å². The van der Waals surface area contributed by atoms with Gasteiger partial charge in [0.05, 0.1) is 42.7 Å². The molecule has 0 radical (unpaired) electrons. The number of nitrogens with one attached hydrogen (secondary N) is 3. The quantitative estimate of drug-likeness (QED) is 0.118. The van der Waals surface area contributed by atoms with Gasteiger partial charge in [0.1, 0.15) is 18.2 Å². The molecule has 1 aromatic rings. The molecule has 9 atom stereocenters. The van der Waals surface area contributed by atoms with Gasteiger partial charge in [0, 0.05) is 34.2 Å². The predicted octanol–water partition coefficient (Wildman–Crippen LogP) is 6.07. The largest absolute Gasteiger partial charge is 0.461 e. The first-order valence-electron chi connectivity index (χ1n) is 23.2. The summed E-state index contributed by atoms with van der Waals surface area (Å²) in [6.45, 7) is 14.1. The van der Waals surface area contributed by atoms with Gasteiger partial charge < -0.3 is 40.0 Å². The summed E-state index contributed by atoms with van der Waals surface area (Å²) in [5.41, 5.74) is 0.913. The first-order valence-corrected chi connectivity index (χ1v) is 23.2. The highest BCUT2D eigenvalue weighted by Crippen LogP contribution is 2.30. The summed E-state index contributed by atoms with van der Waals surface area (Å²) < 4.78 is 18.2. The van der Waals surface area contributed by atoms with Crippen molar-refractivity contribution in [3.63, 3.8) is 0 Å². The molecule has 1 aliphatic heterocycles. The van der Waals surface area contributed by atoms with Crippen molar-refractivity contribution in [1.82, 2.24) is 25.8 Å². The van der Waals surface area contributed by atoms with Crippen molar-refractivity contribution < 1.29 is 38.2 Å². The number of methoxy groups -OCH3 is 2. The molecule has 1 aromatic carbocycles. The fraction of sp³-hybridized carbons (Fsp3) is 0.771. The van der Waals surface area contributed by atoms with Gasteiger partial charge in [-0.05, 0) is 68.9 Å².